The minimum absolute atomic E-state index is 0.216. The molecule has 0 aliphatic carbocycles. The van der Waals surface area contributed by atoms with Crippen LogP contribution in [0.25, 0.3) is 11.3 Å². The molecule has 0 radical (unpaired) electrons. The Morgan fingerprint density at radius 1 is 1.00 bits per heavy atom. The van der Waals surface area contributed by atoms with Gasteiger partial charge in [0.15, 0.2) is 11.6 Å². The molecule has 0 aliphatic rings. The van der Waals surface area contributed by atoms with E-state index >= 15 is 0 Å². The van der Waals surface area contributed by atoms with E-state index < -0.39 is 11.6 Å². The van der Waals surface area contributed by atoms with Gasteiger partial charge in [-0.05, 0) is 48.0 Å². The third-order valence-electron chi connectivity index (χ3n) is 3.99. The van der Waals surface area contributed by atoms with Gasteiger partial charge in [-0.15, -0.1) is 0 Å². The number of hydrogen-bond acceptors (Lipinski definition) is 2. The molecule has 0 saturated heterocycles. The molecule has 0 fully saturated rings. The van der Waals surface area contributed by atoms with Crippen LogP contribution in [0.1, 0.15) is 17.2 Å². The number of rotatable bonds is 4. The summed E-state index contributed by atoms with van der Waals surface area (Å²) in [5.74, 6) is -2.46. The molecular weight excluding hydrogens is 315 g/mol. The number of nitrogens with two attached hydrogens (primary N) is 1. The van der Waals surface area contributed by atoms with Crippen LogP contribution in [0.3, 0.4) is 0 Å². The summed E-state index contributed by atoms with van der Waals surface area (Å²) in [6.45, 7) is 0.216. The van der Waals surface area contributed by atoms with E-state index in [-0.39, 0.29) is 18.3 Å². The molecule has 1 atom stereocenters. The number of benzene rings is 2. The fourth-order valence-electron chi connectivity index (χ4n) is 2.73. The van der Waals surface area contributed by atoms with Crippen molar-refractivity contribution in [2.45, 2.75) is 5.92 Å². The fraction of sp³-hybridized carbons (Fsp3) is 0.167. The van der Waals surface area contributed by atoms with E-state index in [9.17, 15) is 13.2 Å². The third-order valence-corrected chi connectivity index (χ3v) is 3.99. The van der Waals surface area contributed by atoms with E-state index in [2.05, 4.69) is 5.10 Å². The van der Waals surface area contributed by atoms with E-state index in [0.717, 1.165) is 23.4 Å². The van der Waals surface area contributed by atoms with Crippen molar-refractivity contribution < 1.29 is 13.2 Å². The molecule has 0 aliphatic heterocycles. The highest BCUT2D eigenvalue weighted by atomic mass is 19.2. The van der Waals surface area contributed by atoms with Gasteiger partial charge < -0.3 is 5.73 Å². The van der Waals surface area contributed by atoms with Crippen LogP contribution in [0.15, 0.2) is 48.5 Å². The summed E-state index contributed by atoms with van der Waals surface area (Å²) in [5.41, 5.74) is 8.62. The number of aryl methyl sites for hydroxylation is 1. The molecule has 1 unspecified atom stereocenters. The van der Waals surface area contributed by atoms with Crippen molar-refractivity contribution in [1.82, 2.24) is 9.78 Å². The van der Waals surface area contributed by atoms with Crippen LogP contribution in [0.4, 0.5) is 13.2 Å². The van der Waals surface area contributed by atoms with Crippen LogP contribution in [0, 0.1) is 17.5 Å². The van der Waals surface area contributed by atoms with Crippen molar-refractivity contribution in [3.8, 4) is 11.3 Å². The van der Waals surface area contributed by atoms with Crippen LogP contribution >= 0.6 is 0 Å². The van der Waals surface area contributed by atoms with Gasteiger partial charge in [0.25, 0.3) is 0 Å². The van der Waals surface area contributed by atoms with Crippen molar-refractivity contribution in [2.75, 3.05) is 6.54 Å². The molecule has 3 rings (SSSR count). The van der Waals surface area contributed by atoms with Crippen LogP contribution in [0.2, 0.25) is 0 Å². The van der Waals surface area contributed by atoms with E-state index in [4.69, 9.17) is 5.73 Å². The van der Waals surface area contributed by atoms with Gasteiger partial charge in [-0.2, -0.15) is 5.10 Å². The van der Waals surface area contributed by atoms with Gasteiger partial charge in [-0.25, -0.2) is 13.2 Å². The molecule has 0 amide bonds. The largest absolute Gasteiger partial charge is 0.329 e. The second-order valence-corrected chi connectivity index (χ2v) is 5.55. The highest BCUT2D eigenvalue weighted by molar-refractivity contribution is 5.59. The molecule has 3 aromatic rings. The van der Waals surface area contributed by atoms with Crippen molar-refractivity contribution >= 4 is 0 Å². The molecular formula is C18H16F3N3. The van der Waals surface area contributed by atoms with Crippen molar-refractivity contribution in [3.63, 3.8) is 0 Å². The lowest BCUT2D eigenvalue weighted by Crippen LogP contribution is -2.17. The van der Waals surface area contributed by atoms with Crippen molar-refractivity contribution in [1.29, 1.82) is 0 Å². The molecule has 124 valence electrons. The topological polar surface area (TPSA) is 43.8 Å². The first-order valence-electron chi connectivity index (χ1n) is 7.44. The lowest BCUT2D eigenvalue weighted by molar-refractivity contribution is 0.505. The van der Waals surface area contributed by atoms with Gasteiger partial charge in [0.05, 0.1) is 5.69 Å². The molecule has 2 aromatic carbocycles. The Kier molecular flexibility index (Phi) is 4.40. The SMILES string of the molecule is Cn1nc(-c2ccc(F)cc2)cc1C(CN)c1ccc(F)c(F)c1. The highest BCUT2D eigenvalue weighted by Gasteiger charge is 2.19. The van der Waals surface area contributed by atoms with E-state index in [1.807, 2.05) is 6.07 Å². The zero-order chi connectivity index (χ0) is 17.3. The third kappa shape index (κ3) is 3.05. The second-order valence-electron chi connectivity index (χ2n) is 5.55. The summed E-state index contributed by atoms with van der Waals surface area (Å²) < 4.78 is 41.4. The Morgan fingerprint density at radius 3 is 2.33 bits per heavy atom. The summed E-state index contributed by atoms with van der Waals surface area (Å²) in [7, 11) is 1.75. The minimum Gasteiger partial charge on any atom is -0.329 e. The maximum absolute atomic E-state index is 13.5. The molecule has 3 nitrogen and oxygen atoms in total. The normalized spacial score (nSPS) is 12.4. The average Bonchev–Trinajstić information content (AvgIpc) is 2.94. The summed E-state index contributed by atoms with van der Waals surface area (Å²) in [6.07, 6.45) is 0. The molecule has 2 N–H and O–H groups in total. The molecule has 6 heteroatoms. The second kappa shape index (κ2) is 6.49. The van der Waals surface area contributed by atoms with Crippen LogP contribution < -0.4 is 5.73 Å². The maximum Gasteiger partial charge on any atom is 0.159 e. The van der Waals surface area contributed by atoms with Gasteiger partial charge in [-0.1, -0.05) is 6.07 Å². The predicted molar refractivity (Wildman–Crippen MR) is 85.9 cm³/mol. The molecule has 24 heavy (non-hydrogen) atoms. The van der Waals surface area contributed by atoms with Gasteiger partial charge in [0, 0.05) is 30.8 Å². The number of nitrogens with zero attached hydrogens (tertiary/aromatic N) is 2. The Morgan fingerprint density at radius 2 is 1.71 bits per heavy atom. The number of aromatic nitrogens is 2. The minimum atomic E-state index is -0.910. The van der Waals surface area contributed by atoms with Crippen LogP contribution in [-0.4, -0.2) is 16.3 Å². The monoisotopic (exact) mass is 331 g/mol. The van der Waals surface area contributed by atoms with Crippen molar-refractivity contribution in [2.24, 2.45) is 12.8 Å². The zero-order valence-corrected chi connectivity index (χ0v) is 13.0. The number of hydrogen-bond donors (Lipinski definition) is 1. The van der Waals surface area contributed by atoms with Gasteiger partial charge >= 0.3 is 0 Å². The molecule has 0 bridgehead atoms. The average molecular weight is 331 g/mol. The maximum atomic E-state index is 13.5. The van der Waals surface area contributed by atoms with Crippen molar-refractivity contribution in [3.05, 3.63) is 77.2 Å². The lowest BCUT2D eigenvalue weighted by atomic mass is 9.95. The molecule has 0 spiro atoms. The van der Waals surface area contributed by atoms with Crippen LogP contribution in [0.5, 0.6) is 0 Å². The first-order valence-corrected chi connectivity index (χ1v) is 7.44. The summed E-state index contributed by atoms with van der Waals surface area (Å²) in [5, 5.41) is 4.42. The summed E-state index contributed by atoms with van der Waals surface area (Å²) in [6, 6.07) is 11.6. The Balaban J connectivity index is 2.00. The van der Waals surface area contributed by atoms with Gasteiger partial charge in [0.1, 0.15) is 5.82 Å². The van der Waals surface area contributed by atoms with E-state index in [1.165, 1.54) is 18.2 Å². The number of halogens is 3. The molecule has 1 aromatic heterocycles. The van der Waals surface area contributed by atoms with Gasteiger partial charge in [0.2, 0.25) is 0 Å². The first-order chi connectivity index (χ1) is 11.5. The fourth-order valence-corrected chi connectivity index (χ4v) is 2.73. The predicted octanol–water partition coefficient (Wildman–Crippen LogP) is 3.60. The molecule has 0 saturated carbocycles. The summed E-state index contributed by atoms with van der Waals surface area (Å²) >= 11 is 0. The quantitative estimate of drug-likeness (QED) is 0.794. The Bertz CT molecular complexity index is 856. The Labute approximate surface area is 137 Å². The highest BCUT2D eigenvalue weighted by Crippen LogP contribution is 2.28. The lowest BCUT2D eigenvalue weighted by Gasteiger charge is -2.15. The van der Waals surface area contributed by atoms with Crippen LogP contribution in [-0.2, 0) is 7.05 Å². The summed E-state index contributed by atoms with van der Waals surface area (Å²) in [4.78, 5) is 0. The first kappa shape index (κ1) is 16.3. The molecule has 1 heterocycles. The van der Waals surface area contributed by atoms with Gasteiger partial charge in [-0.3, -0.25) is 4.68 Å². The zero-order valence-electron chi connectivity index (χ0n) is 13.0. The smallest absolute Gasteiger partial charge is 0.159 e. The van der Waals surface area contributed by atoms with E-state index in [0.29, 0.717) is 11.3 Å². The Hall–Kier alpha value is -2.60. The standard InChI is InChI=1S/C18H16F3N3/c1-24-18(9-17(23-24)11-2-5-13(19)6-3-11)14(10-22)12-4-7-15(20)16(21)8-12/h2-9,14H,10,22H2,1H3. The van der Waals surface area contributed by atoms with E-state index in [1.54, 1.807) is 23.9 Å².